The Bertz CT molecular complexity index is 814. The molecule has 1 spiro atoms. The molecule has 1 amide bonds. The number of carbonyl (C=O) groups is 1. The monoisotopic (exact) mass is 397 g/mol. The summed E-state index contributed by atoms with van der Waals surface area (Å²) in [6, 6.07) is 3.80. The van der Waals surface area contributed by atoms with Gasteiger partial charge in [-0.25, -0.2) is 4.98 Å². The van der Waals surface area contributed by atoms with Gasteiger partial charge in [-0.2, -0.15) is 0 Å². The topological polar surface area (TPSA) is 85.3 Å². The van der Waals surface area contributed by atoms with Crippen molar-refractivity contribution >= 4 is 5.91 Å². The molecule has 0 aliphatic carbocycles. The van der Waals surface area contributed by atoms with Crippen LogP contribution >= 0.6 is 0 Å². The van der Waals surface area contributed by atoms with Crippen LogP contribution in [-0.2, 0) is 17.8 Å². The summed E-state index contributed by atoms with van der Waals surface area (Å²) in [4.78, 5) is 29.0. The summed E-state index contributed by atoms with van der Waals surface area (Å²) in [6.45, 7) is 6.49. The van der Waals surface area contributed by atoms with Crippen LogP contribution in [0.2, 0.25) is 0 Å². The standard InChI is InChI=1S/C22H31N5O2/c1-17-12-24-20(25-17)15-26-8-4-22(5-9-26)6-10-27(14-19(22)16-28)21(29)11-18-3-2-7-23-13-18/h2-3,7,12-13,19,28H,4-6,8-11,14-16H2,1H3,(H,24,25). The van der Waals surface area contributed by atoms with E-state index in [0.717, 1.165) is 62.5 Å². The van der Waals surface area contributed by atoms with Crippen molar-refractivity contribution in [3.8, 4) is 0 Å². The SMILES string of the molecule is Cc1cnc(CN2CCC3(CC2)CCN(C(=O)Cc2cccnc2)CC3CO)[nH]1. The molecule has 0 bridgehead atoms. The molecule has 7 heteroatoms. The highest BCUT2D eigenvalue weighted by molar-refractivity contribution is 5.78. The Balaban J connectivity index is 1.33. The number of aromatic amines is 1. The van der Waals surface area contributed by atoms with Gasteiger partial charge in [0.2, 0.25) is 5.91 Å². The van der Waals surface area contributed by atoms with E-state index in [-0.39, 0.29) is 23.8 Å². The lowest BCUT2D eigenvalue weighted by Crippen LogP contribution is -2.54. The molecule has 0 saturated carbocycles. The predicted octanol–water partition coefficient (Wildman–Crippen LogP) is 1.78. The summed E-state index contributed by atoms with van der Waals surface area (Å²) in [5.74, 6) is 1.31. The third kappa shape index (κ3) is 4.51. The molecule has 7 nitrogen and oxygen atoms in total. The first kappa shape index (κ1) is 20.0. The molecule has 2 aromatic heterocycles. The van der Waals surface area contributed by atoms with Gasteiger partial charge in [0.05, 0.1) is 13.0 Å². The minimum absolute atomic E-state index is 0.136. The number of hydrogen-bond donors (Lipinski definition) is 2. The number of piperidine rings is 2. The molecule has 29 heavy (non-hydrogen) atoms. The minimum atomic E-state index is 0.136. The average molecular weight is 398 g/mol. The number of aryl methyl sites for hydroxylation is 1. The molecule has 2 aliphatic heterocycles. The number of imidazole rings is 1. The number of aromatic nitrogens is 3. The van der Waals surface area contributed by atoms with Crippen LogP contribution in [0, 0.1) is 18.3 Å². The van der Waals surface area contributed by atoms with Gasteiger partial charge in [0, 0.05) is 49.9 Å². The van der Waals surface area contributed by atoms with Crippen molar-refractivity contribution in [2.24, 2.45) is 11.3 Å². The Labute approximate surface area is 172 Å². The molecule has 1 unspecified atom stereocenters. The molecule has 2 fully saturated rings. The molecule has 0 radical (unpaired) electrons. The zero-order chi connectivity index (χ0) is 20.3. The van der Waals surface area contributed by atoms with E-state index >= 15 is 0 Å². The molecule has 2 N–H and O–H groups in total. The zero-order valence-electron chi connectivity index (χ0n) is 17.2. The Morgan fingerprint density at radius 3 is 2.72 bits per heavy atom. The molecule has 2 aromatic rings. The molecule has 0 aromatic carbocycles. The lowest BCUT2D eigenvalue weighted by Gasteiger charge is -2.51. The summed E-state index contributed by atoms with van der Waals surface area (Å²) < 4.78 is 0. The van der Waals surface area contributed by atoms with Crippen LogP contribution in [0.15, 0.2) is 30.7 Å². The number of H-pyrrole nitrogens is 1. The fourth-order valence-electron chi connectivity index (χ4n) is 4.95. The molecular formula is C22H31N5O2. The Morgan fingerprint density at radius 2 is 2.07 bits per heavy atom. The van der Waals surface area contributed by atoms with Crippen LogP contribution < -0.4 is 0 Å². The van der Waals surface area contributed by atoms with Gasteiger partial charge in [0.1, 0.15) is 5.82 Å². The van der Waals surface area contributed by atoms with Gasteiger partial charge < -0.3 is 15.0 Å². The highest BCUT2D eigenvalue weighted by Crippen LogP contribution is 2.45. The first-order valence-corrected chi connectivity index (χ1v) is 10.6. The Hall–Kier alpha value is -2.25. The second kappa shape index (κ2) is 8.63. The third-order valence-electron chi connectivity index (χ3n) is 6.82. The Kier molecular flexibility index (Phi) is 5.96. The van der Waals surface area contributed by atoms with Gasteiger partial charge in [-0.15, -0.1) is 0 Å². The maximum atomic E-state index is 12.8. The van der Waals surface area contributed by atoms with Crippen molar-refractivity contribution in [1.29, 1.82) is 0 Å². The van der Waals surface area contributed by atoms with E-state index < -0.39 is 0 Å². The summed E-state index contributed by atoms with van der Waals surface area (Å²) in [5, 5.41) is 10.1. The number of pyridine rings is 1. The van der Waals surface area contributed by atoms with Gasteiger partial charge >= 0.3 is 0 Å². The number of likely N-dealkylation sites (tertiary alicyclic amines) is 2. The number of carbonyl (C=O) groups excluding carboxylic acids is 1. The zero-order valence-corrected chi connectivity index (χ0v) is 17.2. The lowest BCUT2D eigenvalue weighted by atomic mass is 9.64. The fourth-order valence-corrected chi connectivity index (χ4v) is 4.95. The van der Waals surface area contributed by atoms with Crippen molar-refractivity contribution < 1.29 is 9.90 Å². The van der Waals surface area contributed by atoms with E-state index in [4.69, 9.17) is 0 Å². The number of rotatable bonds is 5. The molecule has 1 atom stereocenters. The maximum Gasteiger partial charge on any atom is 0.227 e. The summed E-state index contributed by atoms with van der Waals surface area (Å²) in [6.07, 6.45) is 8.86. The van der Waals surface area contributed by atoms with E-state index in [9.17, 15) is 9.90 Å². The smallest absolute Gasteiger partial charge is 0.227 e. The highest BCUT2D eigenvalue weighted by atomic mass is 16.3. The van der Waals surface area contributed by atoms with Gasteiger partial charge in [-0.3, -0.25) is 14.7 Å². The molecule has 4 heterocycles. The molecule has 4 rings (SSSR count). The highest BCUT2D eigenvalue weighted by Gasteiger charge is 2.45. The molecule has 2 aliphatic rings. The van der Waals surface area contributed by atoms with Crippen LogP contribution in [0.3, 0.4) is 0 Å². The molecule has 2 saturated heterocycles. The van der Waals surface area contributed by atoms with E-state index in [2.05, 4.69) is 19.9 Å². The van der Waals surface area contributed by atoms with E-state index in [0.29, 0.717) is 13.0 Å². The second-order valence-corrected chi connectivity index (χ2v) is 8.66. The lowest BCUT2D eigenvalue weighted by molar-refractivity contribution is -0.137. The normalized spacial score (nSPS) is 22.1. The molecule has 156 valence electrons. The van der Waals surface area contributed by atoms with Crippen LogP contribution in [0.1, 0.15) is 36.3 Å². The maximum absolute atomic E-state index is 12.8. The minimum Gasteiger partial charge on any atom is -0.396 e. The number of hydrogen-bond acceptors (Lipinski definition) is 5. The van der Waals surface area contributed by atoms with Crippen molar-refractivity contribution in [3.63, 3.8) is 0 Å². The van der Waals surface area contributed by atoms with Crippen molar-refractivity contribution in [2.75, 3.05) is 32.8 Å². The summed E-state index contributed by atoms with van der Waals surface area (Å²) in [5.41, 5.74) is 2.19. The third-order valence-corrected chi connectivity index (χ3v) is 6.82. The number of aliphatic hydroxyl groups excluding tert-OH is 1. The Morgan fingerprint density at radius 1 is 1.28 bits per heavy atom. The first-order valence-electron chi connectivity index (χ1n) is 10.6. The van der Waals surface area contributed by atoms with E-state index in [1.54, 1.807) is 12.4 Å². The molecular weight excluding hydrogens is 366 g/mol. The van der Waals surface area contributed by atoms with Gasteiger partial charge in [-0.1, -0.05) is 6.07 Å². The van der Waals surface area contributed by atoms with Gasteiger partial charge in [0.15, 0.2) is 0 Å². The van der Waals surface area contributed by atoms with Gasteiger partial charge in [-0.05, 0) is 56.3 Å². The fraction of sp³-hybridized carbons (Fsp3) is 0.591. The van der Waals surface area contributed by atoms with Crippen LogP contribution in [-0.4, -0.2) is 68.6 Å². The number of nitrogens with zero attached hydrogens (tertiary/aromatic N) is 4. The first-order chi connectivity index (χ1) is 14.1. The van der Waals surface area contributed by atoms with E-state index in [1.807, 2.05) is 30.2 Å². The number of amides is 1. The number of nitrogens with one attached hydrogen (secondary N) is 1. The predicted molar refractivity (Wildman–Crippen MR) is 110 cm³/mol. The van der Waals surface area contributed by atoms with Gasteiger partial charge in [0.25, 0.3) is 0 Å². The van der Waals surface area contributed by atoms with Crippen LogP contribution in [0.25, 0.3) is 0 Å². The number of aliphatic hydroxyl groups is 1. The van der Waals surface area contributed by atoms with Crippen LogP contribution in [0.5, 0.6) is 0 Å². The largest absolute Gasteiger partial charge is 0.396 e. The second-order valence-electron chi connectivity index (χ2n) is 8.66. The quantitative estimate of drug-likeness (QED) is 0.803. The van der Waals surface area contributed by atoms with Crippen molar-refractivity contribution in [3.05, 3.63) is 47.8 Å². The van der Waals surface area contributed by atoms with E-state index in [1.165, 1.54) is 0 Å². The average Bonchev–Trinajstić information content (AvgIpc) is 3.15. The summed E-state index contributed by atoms with van der Waals surface area (Å²) in [7, 11) is 0. The van der Waals surface area contributed by atoms with Crippen molar-refractivity contribution in [1.82, 2.24) is 24.8 Å². The van der Waals surface area contributed by atoms with Crippen molar-refractivity contribution in [2.45, 2.75) is 39.2 Å². The summed E-state index contributed by atoms with van der Waals surface area (Å²) >= 11 is 0. The van der Waals surface area contributed by atoms with Crippen LogP contribution in [0.4, 0.5) is 0 Å².